The Morgan fingerprint density at radius 1 is 0.627 bits per heavy atom. The summed E-state index contributed by atoms with van der Waals surface area (Å²) in [6.07, 6.45) is 36.3. The van der Waals surface area contributed by atoms with E-state index in [0.29, 0.717) is 12.8 Å². The molecule has 0 aliphatic heterocycles. The maximum absolute atomic E-state index is 12.5. The van der Waals surface area contributed by atoms with E-state index in [0.717, 1.165) is 44.9 Å². The van der Waals surface area contributed by atoms with E-state index >= 15 is 0 Å². The molecule has 0 bridgehead atoms. The van der Waals surface area contributed by atoms with Crippen LogP contribution < -0.4 is 5.73 Å². The molecule has 0 rings (SSSR count). The minimum absolute atomic E-state index is 0.0402. The van der Waals surface area contributed by atoms with E-state index in [1.165, 1.54) is 64.2 Å². The third-order valence-electron chi connectivity index (χ3n) is 7.85. The van der Waals surface area contributed by atoms with Crippen LogP contribution in [0.25, 0.3) is 0 Å². The summed E-state index contributed by atoms with van der Waals surface area (Å²) >= 11 is 0. The number of aliphatic carboxylic acids is 1. The highest BCUT2D eigenvalue weighted by molar-refractivity contribution is 7.47. The summed E-state index contributed by atoms with van der Waals surface area (Å²) < 4.78 is 32.5. The Balaban J connectivity index is 4.53. The van der Waals surface area contributed by atoms with E-state index < -0.39 is 51.1 Å². The summed E-state index contributed by atoms with van der Waals surface area (Å²) in [6, 6.07) is -1.53. The minimum atomic E-state index is -4.73. The van der Waals surface area contributed by atoms with Crippen LogP contribution in [0, 0.1) is 0 Å². The standard InChI is InChI=1S/C39H68NO10P/c1-3-5-7-9-11-13-15-17-19-20-22-24-26-28-30-37(41)47-32-35(33-48-51(45,46)49-34-36(40)39(43)44)50-38(42)31-29-27-25-23-21-18-16-14-12-10-8-6-4-2/h6,8,12,14,18,21,25,27,35-36H,3-5,7,9-11,13,15-17,19-20,22-24,26,28-34,40H2,1-2H3,(H,43,44)(H,45,46)/b8-6-,14-12-,21-18-,27-25-. The Hall–Kier alpha value is -2.56. The number of phosphoric ester groups is 1. The van der Waals surface area contributed by atoms with Crippen molar-refractivity contribution in [1.82, 2.24) is 0 Å². The average molecular weight is 742 g/mol. The van der Waals surface area contributed by atoms with Gasteiger partial charge in [-0.3, -0.25) is 23.4 Å². The van der Waals surface area contributed by atoms with Gasteiger partial charge in [-0.15, -0.1) is 0 Å². The molecule has 0 fully saturated rings. The smallest absolute Gasteiger partial charge is 0.472 e. The first-order valence-electron chi connectivity index (χ1n) is 19.2. The molecule has 3 atom stereocenters. The number of ether oxygens (including phenoxy) is 2. The van der Waals surface area contributed by atoms with Gasteiger partial charge in [0.05, 0.1) is 13.2 Å². The topological polar surface area (TPSA) is 172 Å². The SMILES string of the molecule is CC/C=C\C/C=C\C/C=C\C/C=C\CCC(=O)OC(COC(=O)CCCCCCCCCCCCCCCC)COP(=O)(O)OCC(N)C(=O)O. The number of carbonyl (C=O) groups is 3. The van der Waals surface area contributed by atoms with Crippen LogP contribution in [-0.4, -0.2) is 59.9 Å². The molecule has 0 saturated carbocycles. The van der Waals surface area contributed by atoms with E-state index in [-0.39, 0.29) is 19.4 Å². The summed E-state index contributed by atoms with van der Waals surface area (Å²) in [5.74, 6) is -2.48. The fourth-order valence-electron chi connectivity index (χ4n) is 4.84. The van der Waals surface area contributed by atoms with Crippen LogP contribution in [0.2, 0.25) is 0 Å². The first kappa shape index (κ1) is 48.4. The van der Waals surface area contributed by atoms with Crippen molar-refractivity contribution < 1.29 is 47.5 Å². The molecule has 0 aromatic heterocycles. The molecule has 11 nitrogen and oxygen atoms in total. The van der Waals surface area contributed by atoms with Crippen molar-refractivity contribution in [3.63, 3.8) is 0 Å². The number of allylic oxidation sites excluding steroid dienone is 8. The van der Waals surface area contributed by atoms with Gasteiger partial charge in [-0.1, -0.05) is 146 Å². The maximum atomic E-state index is 12.5. The maximum Gasteiger partial charge on any atom is 0.472 e. The number of hydrogen-bond acceptors (Lipinski definition) is 9. The van der Waals surface area contributed by atoms with Crippen LogP contribution in [0.3, 0.4) is 0 Å². The molecule has 0 spiro atoms. The van der Waals surface area contributed by atoms with Crippen LogP contribution in [0.1, 0.15) is 149 Å². The van der Waals surface area contributed by atoms with Crippen molar-refractivity contribution in [3.8, 4) is 0 Å². The molecule has 4 N–H and O–H groups in total. The summed E-state index contributed by atoms with van der Waals surface area (Å²) in [5, 5.41) is 8.85. The van der Waals surface area contributed by atoms with Crippen LogP contribution >= 0.6 is 7.82 Å². The fraction of sp³-hybridized carbons (Fsp3) is 0.718. The van der Waals surface area contributed by atoms with Gasteiger partial charge in [0.25, 0.3) is 0 Å². The second kappa shape index (κ2) is 34.5. The second-order valence-electron chi connectivity index (χ2n) is 12.7. The Labute approximate surface area is 307 Å². The van der Waals surface area contributed by atoms with E-state index in [1.54, 1.807) is 0 Å². The number of esters is 2. The molecule has 51 heavy (non-hydrogen) atoms. The predicted octanol–water partition coefficient (Wildman–Crippen LogP) is 9.44. The van der Waals surface area contributed by atoms with Gasteiger partial charge < -0.3 is 25.2 Å². The molecule has 0 saturated heterocycles. The summed E-state index contributed by atoms with van der Waals surface area (Å²) in [6.45, 7) is 2.59. The number of carboxylic acids is 1. The number of nitrogens with two attached hydrogens (primary N) is 1. The van der Waals surface area contributed by atoms with Crippen molar-refractivity contribution in [3.05, 3.63) is 48.6 Å². The van der Waals surface area contributed by atoms with E-state index in [4.69, 9.17) is 24.8 Å². The highest BCUT2D eigenvalue weighted by atomic mass is 31.2. The normalized spacial score (nSPS) is 14.4. The van der Waals surface area contributed by atoms with Crippen molar-refractivity contribution in [1.29, 1.82) is 0 Å². The van der Waals surface area contributed by atoms with Crippen molar-refractivity contribution >= 4 is 25.7 Å². The summed E-state index contributed by atoms with van der Waals surface area (Å²) in [7, 11) is -4.73. The fourth-order valence-corrected chi connectivity index (χ4v) is 5.62. The first-order valence-corrected chi connectivity index (χ1v) is 20.7. The zero-order valence-corrected chi connectivity index (χ0v) is 32.3. The molecule has 294 valence electrons. The van der Waals surface area contributed by atoms with Gasteiger partial charge in [0.2, 0.25) is 0 Å². The van der Waals surface area contributed by atoms with Crippen molar-refractivity contribution in [2.75, 3.05) is 19.8 Å². The van der Waals surface area contributed by atoms with Gasteiger partial charge in [-0.25, -0.2) is 4.57 Å². The molecular formula is C39H68NO10P. The highest BCUT2D eigenvalue weighted by Gasteiger charge is 2.28. The Morgan fingerprint density at radius 3 is 1.61 bits per heavy atom. The van der Waals surface area contributed by atoms with Crippen LogP contribution in [-0.2, 0) is 37.5 Å². The Morgan fingerprint density at radius 2 is 1.10 bits per heavy atom. The van der Waals surface area contributed by atoms with Gasteiger partial charge in [0.1, 0.15) is 12.6 Å². The summed E-state index contributed by atoms with van der Waals surface area (Å²) in [5.41, 5.74) is 5.31. The molecule has 0 amide bonds. The number of carboxylic acid groups (broad SMARTS) is 1. The minimum Gasteiger partial charge on any atom is -0.480 e. The van der Waals surface area contributed by atoms with Gasteiger partial charge in [0, 0.05) is 12.8 Å². The van der Waals surface area contributed by atoms with E-state index in [9.17, 15) is 23.8 Å². The molecule has 0 aromatic carbocycles. The van der Waals surface area contributed by atoms with Gasteiger partial charge in [0.15, 0.2) is 6.10 Å². The zero-order chi connectivity index (χ0) is 37.8. The van der Waals surface area contributed by atoms with Gasteiger partial charge in [-0.05, 0) is 38.5 Å². The molecule has 0 aliphatic rings. The molecule has 3 unspecified atom stereocenters. The number of hydrogen-bond donors (Lipinski definition) is 3. The van der Waals surface area contributed by atoms with Crippen molar-refractivity contribution in [2.45, 2.75) is 161 Å². The third-order valence-corrected chi connectivity index (χ3v) is 8.81. The van der Waals surface area contributed by atoms with Gasteiger partial charge >= 0.3 is 25.7 Å². The molecule has 0 radical (unpaired) electrons. The predicted molar refractivity (Wildman–Crippen MR) is 203 cm³/mol. The largest absolute Gasteiger partial charge is 0.480 e. The monoisotopic (exact) mass is 741 g/mol. The number of unbranched alkanes of at least 4 members (excludes halogenated alkanes) is 13. The van der Waals surface area contributed by atoms with Crippen LogP contribution in [0.4, 0.5) is 0 Å². The lowest BCUT2D eigenvalue weighted by molar-refractivity contribution is -0.161. The van der Waals surface area contributed by atoms with Crippen molar-refractivity contribution in [2.24, 2.45) is 5.73 Å². The van der Waals surface area contributed by atoms with E-state index in [2.05, 4.69) is 48.8 Å². The molecule has 0 aromatic rings. The number of carbonyl (C=O) groups excluding carboxylic acids is 2. The lowest BCUT2D eigenvalue weighted by atomic mass is 10.0. The van der Waals surface area contributed by atoms with Crippen LogP contribution in [0.15, 0.2) is 48.6 Å². The molecule has 0 aliphatic carbocycles. The quantitative estimate of drug-likeness (QED) is 0.0244. The average Bonchev–Trinajstić information content (AvgIpc) is 3.10. The number of rotatable bonds is 35. The lowest BCUT2D eigenvalue weighted by Gasteiger charge is -2.20. The summed E-state index contributed by atoms with van der Waals surface area (Å²) in [4.78, 5) is 45.7. The Kier molecular flexibility index (Phi) is 32.8. The van der Waals surface area contributed by atoms with E-state index in [1.807, 2.05) is 18.2 Å². The van der Waals surface area contributed by atoms with Crippen LogP contribution in [0.5, 0.6) is 0 Å². The van der Waals surface area contributed by atoms with Gasteiger partial charge in [-0.2, -0.15) is 0 Å². The second-order valence-corrected chi connectivity index (χ2v) is 14.1. The highest BCUT2D eigenvalue weighted by Crippen LogP contribution is 2.43. The molecular weight excluding hydrogens is 673 g/mol. The Bertz CT molecular complexity index is 1060. The number of phosphoric acid groups is 1. The third kappa shape index (κ3) is 34.3. The first-order chi connectivity index (χ1) is 24.6. The molecule has 12 heteroatoms. The molecule has 0 heterocycles. The lowest BCUT2D eigenvalue weighted by Crippen LogP contribution is -2.34. The zero-order valence-electron chi connectivity index (χ0n) is 31.4.